The largest absolute Gasteiger partial charge is 0.459 e. The lowest BCUT2D eigenvalue weighted by molar-refractivity contribution is 0.0917. The second-order valence-electron chi connectivity index (χ2n) is 10.6. The molecule has 0 spiro atoms. The number of hydrogen-bond donors (Lipinski definition) is 2. The monoisotopic (exact) mass is 563 g/mol. The number of benzene rings is 2. The molecule has 2 aromatic carbocycles. The van der Waals surface area contributed by atoms with Crippen molar-refractivity contribution >= 4 is 117 Å². The van der Waals surface area contributed by atoms with Crippen LogP contribution in [0, 0.1) is 6.92 Å². The Morgan fingerprint density at radius 1 is 1.07 bits per heavy atom. The minimum Gasteiger partial charge on any atom is -0.459 e. The number of anilines is 3. The molecule has 14 heteroatoms. The molecule has 0 bridgehead atoms. The number of hydrogen-bond acceptors (Lipinski definition) is 6. The Labute approximate surface area is 254 Å². The van der Waals surface area contributed by atoms with Crippen LogP contribution in [0.2, 0.25) is 0 Å². The van der Waals surface area contributed by atoms with Gasteiger partial charge in [-0.15, -0.1) is 27.7 Å². The summed E-state index contributed by atoms with van der Waals surface area (Å²) < 4.78 is 5.98. The number of rotatable bonds is 5. The molecule has 1 saturated heterocycles. The van der Waals surface area contributed by atoms with Crippen molar-refractivity contribution < 1.29 is 14.3 Å². The fourth-order valence-corrected chi connectivity index (χ4v) is 6.54. The van der Waals surface area contributed by atoms with Gasteiger partial charge in [-0.05, 0) is 63.2 Å². The molecule has 3 amide bonds. The number of aromatic nitrogens is 1. The fourth-order valence-electron chi connectivity index (χ4n) is 5.51. The predicted molar refractivity (Wildman–Crippen MR) is 173 cm³/mol. The maximum atomic E-state index is 13.6. The van der Waals surface area contributed by atoms with E-state index in [1.165, 1.54) is 11.3 Å². The van der Waals surface area contributed by atoms with Crippen LogP contribution in [-0.2, 0) is 0 Å². The quantitative estimate of drug-likeness (QED) is 0.331. The first-order valence-electron chi connectivity index (χ1n) is 13.4. The van der Waals surface area contributed by atoms with Crippen LogP contribution in [0.25, 0.3) is 10.2 Å². The molecule has 2 aliphatic rings. The van der Waals surface area contributed by atoms with Crippen LogP contribution < -0.4 is 47.6 Å². The van der Waals surface area contributed by atoms with Crippen molar-refractivity contribution in [2.45, 2.75) is 25.8 Å². The number of likely N-dealkylation sites (tertiary alicyclic amines) is 1. The number of carbonyl (C=O) groups is 2. The summed E-state index contributed by atoms with van der Waals surface area (Å²) in [6.45, 7) is 3.64. The minimum atomic E-state index is -0.399. The maximum Gasteiger partial charge on any atom is 0.331 e. The van der Waals surface area contributed by atoms with Crippen molar-refractivity contribution in [1.29, 1.82) is 0 Å². The van der Waals surface area contributed by atoms with Crippen molar-refractivity contribution in [1.82, 2.24) is 15.2 Å². The number of pyridine rings is 1. The molecule has 42 heavy (non-hydrogen) atoms. The van der Waals surface area contributed by atoms with E-state index in [0.717, 1.165) is 31.5 Å². The highest BCUT2D eigenvalue weighted by atomic mass is 32.1. The summed E-state index contributed by atoms with van der Waals surface area (Å²) in [5.41, 5.74) is 2.85. The average Bonchev–Trinajstić information content (AvgIpc) is 3.33. The van der Waals surface area contributed by atoms with Gasteiger partial charge in [-0.1, -0.05) is 10.9 Å². The summed E-state index contributed by atoms with van der Waals surface area (Å²) in [7, 11) is 32.1. The minimum absolute atomic E-state index is 0.0482. The van der Waals surface area contributed by atoms with E-state index < -0.39 is 6.03 Å². The summed E-state index contributed by atoms with van der Waals surface area (Å²) in [5, 5.41) is 6.79. The summed E-state index contributed by atoms with van der Waals surface area (Å²) in [6.07, 6.45) is 3.57. The van der Waals surface area contributed by atoms with Crippen LogP contribution in [0.15, 0.2) is 30.5 Å². The number of urea groups is 1. The number of ether oxygens (including phenoxy) is 1. The molecule has 198 valence electrons. The zero-order chi connectivity index (χ0) is 29.9. The molecule has 1 atom stereocenters. The third-order valence-electron chi connectivity index (χ3n) is 7.69. The van der Waals surface area contributed by atoms with Gasteiger partial charge in [0.05, 0.1) is 22.4 Å². The van der Waals surface area contributed by atoms with Gasteiger partial charge in [0.2, 0.25) is 0 Å². The SMILES string of the molecule is [B]c1c([B])c([B])c(Oc2ccc(N3C(=O)Nc4c(C(=O)N[C@@H]5CCCN(C)C5)sc5nccc3c45)c(C)c2)c([B])c1[B]. The van der Waals surface area contributed by atoms with Crippen molar-refractivity contribution in [2.24, 2.45) is 0 Å². The summed E-state index contributed by atoms with van der Waals surface area (Å²) in [5.74, 6) is 0.290. The molecule has 0 unspecified atom stereocenters. The molecule has 4 aromatic rings. The summed E-state index contributed by atoms with van der Waals surface area (Å²) >= 11 is 1.26. The summed E-state index contributed by atoms with van der Waals surface area (Å²) in [4.78, 5) is 36.3. The van der Waals surface area contributed by atoms with Crippen LogP contribution in [0.5, 0.6) is 11.5 Å². The van der Waals surface area contributed by atoms with E-state index in [0.29, 0.717) is 37.9 Å². The van der Waals surface area contributed by atoms with E-state index in [-0.39, 0.29) is 45.0 Å². The number of piperidine rings is 1. The maximum absolute atomic E-state index is 13.6. The first-order chi connectivity index (χ1) is 20.0. The number of aryl methyl sites for hydroxylation is 1. The van der Waals surface area contributed by atoms with Gasteiger partial charge in [0.1, 0.15) is 60.4 Å². The number of nitrogens with zero attached hydrogens (tertiary/aromatic N) is 3. The lowest BCUT2D eigenvalue weighted by Gasteiger charge is -2.31. The van der Waals surface area contributed by atoms with Gasteiger partial charge in [0.25, 0.3) is 5.91 Å². The van der Waals surface area contributed by atoms with Gasteiger partial charge in [0, 0.05) is 18.8 Å². The van der Waals surface area contributed by atoms with Crippen molar-refractivity contribution in [2.75, 3.05) is 30.4 Å². The third-order valence-corrected chi connectivity index (χ3v) is 8.79. The van der Waals surface area contributed by atoms with E-state index in [1.54, 1.807) is 35.4 Å². The topological polar surface area (TPSA) is 86.8 Å². The van der Waals surface area contributed by atoms with Gasteiger partial charge in [-0.3, -0.25) is 9.69 Å². The molecule has 0 aliphatic carbocycles. The molecule has 1 fully saturated rings. The number of likely N-dealkylation sites (N-methyl/N-ethyl adjacent to an activating group) is 1. The molecule has 2 N–H and O–H groups in total. The number of nitrogens with one attached hydrogen (secondary N) is 2. The molecule has 0 saturated carbocycles. The second kappa shape index (κ2) is 10.9. The fraction of sp³-hybridized carbons (Fsp3) is 0.250. The Morgan fingerprint density at radius 3 is 2.48 bits per heavy atom. The Hall–Kier alpha value is -3.63. The van der Waals surface area contributed by atoms with Crippen molar-refractivity contribution in [3.63, 3.8) is 0 Å². The van der Waals surface area contributed by atoms with Gasteiger partial charge < -0.3 is 20.3 Å². The van der Waals surface area contributed by atoms with Crippen molar-refractivity contribution in [3.8, 4) is 11.5 Å². The lowest BCUT2D eigenvalue weighted by Crippen LogP contribution is -2.54. The van der Waals surface area contributed by atoms with Crippen LogP contribution in [0.4, 0.5) is 21.9 Å². The highest BCUT2D eigenvalue weighted by Crippen LogP contribution is 2.46. The molecular formula is C28H22B5N5O3S. The molecule has 4 heterocycles. The van der Waals surface area contributed by atoms with Crippen LogP contribution in [0.1, 0.15) is 28.1 Å². The molecule has 2 aromatic heterocycles. The van der Waals surface area contributed by atoms with E-state index in [9.17, 15) is 9.59 Å². The Morgan fingerprint density at radius 2 is 1.79 bits per heavy atom. The Bertz CT molecular complexity index is 1750. The van der Waals surface area contributed by atoms with Gasteiger partial charge in [-0.2, -0.15) is 0 Å². The van der Waals surface area contributed by atoms with E-state index >= 15 is 0 Å². The Balaban J connectivity index is 1.33. The van der Waals surface area contributed by atoms with Gasteiger partial charge in [0.15, 0.2) is 0 Å². The van der Waals surface area contributed by atoms with E-state index in [4.69, 9.17) is 44.0 Å². The highest BCUT2D eigenvalue weighted by Gasteiger charge is 2.34. The molecule has 6 rings (SSSR count). The van der Waals surface area contributed by atoms with E-state index in [2.05, 4.69) is 20.5 Å². The Kier molecular flexibility index (Phi) is 7.39. The number of amides is 3. The zero-order valence-electron chi connectivity index (χ0n) is 23.2. The highest BCUT2D eigenvalue weighted by molar-refractivity contribution is 7.21. The second-order valence-corrected chi connectivity index (χ2v) is 11.6. The predicted octanol–water partition coefficient (Wildman–Crippen LogP) is -0.126. The first-order valence-corrected chi connectivity index (χ1v) is 14.2. The van der Waals surface area contributed by atoms with Crippen LogP contribution in [0.3, 0.4) is 0 Å². The van der Waals surface area contributed by atoms with Crippen LogP contribution in [-0.4, -0.2) is 87.2 Å². The van der Waals surface area contributed by atoms with Crippen LogP contribution >= 0.6 is 11.3 Å². The van der Waals surface area contributed by atoms with Gasteiger partial charge in [-0.25, -0.2) is 9.78 Å². The smallest absolute Gasteiger partial charge is 0.331 e. The lowest BCUT2D eigenvalue weighted by atomic mass is 9.62. The normalized spacial score (nSPS) is 16.9. The summed E-state index contributed by atoms with van der Waals surface area (Å²) in [6, 6.07) is 6.58. The van der Waals surface area contributed by atoms with E-state index in [1.807, 2.05) is 14.0 Å². The number of thiophene rings is 1. The molecular weight excluding hydrogens is 540 g/mol. The standard InChI is InChI=1S/C28H22B5N5O3S/c1-12-10-14(41-24-21(32)19(30)18(29)20(31)22(24)33)5-6-15(12)38-16-7-8-34-27-17(16)23(36-28(38)40)25(42-27)26(39)35-13-4-3-9-37(2)11-13/h5-8,10,13H,3-4,9,11H2,1-2H3,(H,35,39)(H,36,40)/t13-/m1/s1. The molecule has 10 radical (unpaired) electrons. The number of carbonyl (C=O) groups excluding carboxylic acids is 2. The first kappa shape index (κ1) is 28.5. The van der Waals surface area contributed by atoms with Gasteiger partial charge >= 0.3 is 6.03 Å². The average molecular weight is 563 g/mol. The zero-order valence-corrected chi connectivity index (χ0v) is 24.0. The molecule has 2 aliphatic heterocycles. The third kappa shape index (κ3) is 4.80. The molecule has 8 nitrogen and oxygen atoms in total. The van der Waals surface area contributed by atoms with Crippen molar-refractivity contribution in [3.05, 3.63) is 40.9 Å².